The van der Waals surface area contributed by atoms with Crippen molar-refractivity contribution in [2.45, 2.75) is 45.4 Å². The van der Waals surface area contributed by atoms with Crippen molar-refractivity contribution < 1.29 is 4.55 Å². The van der Waals surface area contributed by atoms with Crippen molar-refractivity contribution >= 4 is 22.7 Å². The highest BCUT2D eigenvalue weighted by atomic mass is 32.2. The van der Waals surface area contributed by atoms with E-state index >= 15 is 0 Å². The predicted octanol–water partition coefficient (Wildman–Crippen LogP) is 3.37. The molecule has 1 aromatic heterocycles. The molecule has 5 heteroatoms. The average molecular weight is 284 g/mol. The second-order valence-corrected chi connectivity index (χ2v) is 8.51. The summed E-state index contributed by atoms with van der Waals surface area (Å²) in [7, 11) is 0. The molecule has 1 aromatic rings. The van der Waals surface area contributed by atoms with E-state index in [4.69, 9.17) is 5.26 Å². The maximum Gasteiger partial charge on any atom is 0.136 e. The van der Waals surface area contributed by atoms with E-state index in [0.717, 1.165) is 4.88 Å². The number of nitrogens with one attached hydrogen (secondary N) is 1. The SMILES string of the molecule is CC(C)C(N[S@@+]([O-])C(C)(C)C)c1cc(C#N)cs1. The van der Waals surface area contributed by atoms with Gasteiger partial charge in [0.25, 0.3) is 0 Å². The van der Waals surface area contributed by atoms with Crippen LogP contribution in [0.15, 0.2) is 11.4 Å². The van der Waals surface area contributed by atoms with E-state index in [1.54, 1.807) is 11.3 Å². The molecule has 0 amide bonds. The number of nitrogens with zero attached hydrogens (tertiary/aromatic N) is 1. The highest BCUT2D eigenvalue weighted by molar-refractivity contribution is 7.90. The van der Waals surface area contributed by atoms with Gasteiger partial charge >= 0.3 is 0 Å². The fourth-order valence-electron chi connectivity index (χ4n) is 1.39. The Kier molecular flexibility index (Phi) is 5.23. The molecule has 0 bridgehead atoms. The highest BCUT2D eigenvalue weighted by Gasteiger charge is 2.31. The van der Waals surface area contributed by atoms with Gasteiger partial charge in [0, 0.05) is 21.6 Å². The minimum atomic E-state index is -1.11. The van der Waals surface area contributed by atoms with Gasteiger partial charge in [-0.1, -0.05) is 13.8 Å². The van der Waals surface area contributed by atoms with Gasteiger partial charge < -0.3 is 4.55 Å². The van der Waals surface area contributed by atoms with Crippen LogP contribution in [-0.2, 0) is 11.4 Å². The Bertz CT molecular complexity index is 429. The van der Waals surface area contributed by atoms with Crippen molar-refractivity contribution in [3.63, 3.8) is 0 Å². The van der Waals surface area contributed by atoms with E-state index in [1.165, 1.54) is 0 Å². The van der Waals surface area contributed by atoms with Gasteiger partial charge in [-0.15, -0.1) is 16.1 Å². The molecule has 0 saturated carbocycles. The molecule has 1 N–H and O–H groups in total. The van der Waals surface area contributed by atoms with Gasteiger partial charge in [0.2, 0.25) is 0 Å². The monoisotopic (exact) mass is 284 g/mol. The largest absolute Gasteiger partial charge is 0.598 e. The summed E-state index contributed by atoms with van der Waals surface area (Å²) in [6.07, 6.45) is 0. The normalized spacial score (nSPS) is 15.4. The number of hydrogen-bond donors (Lipinski definition) is 1. The van der Waals surface area contributed by atoms with Crippen LogP contribution in [-0.4, -0.2) is 9.30 Å². The Morgan fingerprint density at radius 1 is 1.44 bits per heavy atom. The van der Waals surface area contributed by atoms with Crippen LogP contribution in [0.25, 0.3) is 0 Å². The van der Waals surface area contributed by atoms with Gasteiger partial charge in [-0.2, -0.15) is 5.26 Å². The lowest BCUT2D eigenvalue weighted by atomic mass is 10.0. The zero-order chi connectivity index (χ0) is 13.9. The molecule has 100 valence electrons. The Labute approximate surface area is 117 Å². The lowest BCUT2D eigenvalue weighted by Crippen LogP contribution is -2.42. The second-order valence-electron chi connectivity index (χ2n) is 5.57. The van der Waals surface area contributed by atoms with E-state index in [9.17, 15) is 4.55 Å². The highest BCUT2D eigenvalue weighted by Crippen LogP contribution is 2.30. The molecule has 0 radical (unpaired) electrons. The summed E-state index contributed by atoms with van der Waals surface area (Å²) in [6, 6.07) is 4.03. The zero-order valence-electron chi connectivity index (χ0n) is 11.5. The van der Waals surface area contributed by atoms with Crippen LogP contribution in [0.1, 0.15) is 51.1 Å². The number of thiophene rings is 1. The number of rotatable bonds is 4. The van der Waals surface area contributed by atoms with Crippen LogP contribution >= 0.6 is 11.3 Å². The molecule has 0 aliphatic heterocycles. The average Bonchev–Trinajstić information content (AvgIpc) is 2.71. The summed E-state index contributed by atoms with van der Waals surface area (Å²) in [5.41, 5.74) is 0.670. The summed E-state index contributed by atoms with van der Waals surface area (Å²) >= 11 is 0.436. The lowest BCUT2D eigenvalue weighted by Gasteiger charge is -2.29. The number of nitriles is 1. The van der Waals surface area contributed by atoms with Gasteiger partial charge in [-0.3, -0.25) is 0 Å². The van der Waals surface area contributed by atoms with E-state index in [-0.39, 0.29) is 10.8 Å². The molecule has 0 aromatic carbocycles. The zero-order valence-corrected chi connectivity index (χ0v) is 13.1. The predicted molar refractivity (Wildman–Crippen MR) is 77.6 cm³/mol. The summed E-state index contributed by atoms with van der Waals surface area (Å²) < 4.78 is 15.1. The molecule has 0 saturated heterocycles. The van der Waals surface area contributed by atoms with Crippen molar-refractivity contribution in [3.8, 4) is 6.07 Å². The fourth-order valence-corrected chi connectivity index (χ4v) is 3.50. The second kappa shape index (κ2) is 6.07. The molecule has 0 aliphatic rings. The van der Waals surface area contributed by atoms with Crippen LogP contribution in [0.3, 0.4) is 0 Å². The van der Waals surface area contributed by atoms with Crippen molar-refractivity contribution in [2.75, 3.05) is 0 Å². The van der Waals surface area contributed by atoms with Crippen LogP contribution in [0, 0.1) is 17.2 Å². The smallest absolute Gasteiger partial charge is 0.136 e. The Morgan fingerprint density at radius 2 is 2.06 bits per heavy atom. The van der Waals surface area contributed by atoms with Gasteiger partial charge in [-0.25, -0.2) is 0 Å². The van der Waals surface area contributed by atoms with E-state index in [0.29, 0.717) is 11.5 Å². The minimum Gasteiger partial charge on any atom is -0.598 e. The van der Waals surface area contributed by atoms with Crippen molar-refractivity contribution in [2.24, 2.45) is 5.92 Å². The van der Waals surface area contributed by atoms with E-state index in [2.05, 4.69) is 24.6 Å². The summed E-state index contributed by atoms with van der Waals surface area (Å²) in [5.74, 6) is 0.321. The minimum absolute atomic E-state index is 0.0251. The maximum absolute atomic E-state index is 12.2. The molecule has 2 atom stereocenters. The van der Waals surface area contributed by atoms with Crippen LogP contribution in [0.5, 0.6) is 0 Å². The standard InChI is InChI=1S/C13H20N2OS2/c1-9(2)12(15-18(16)13(3,4)5)11-6-10(7-14)8-17-11/h6,8-9,12,15H,1-5H3/t12?,18-/m0/s1. The summed E-state index contributed by atoms with van der Waals surface area (Å²) in [6.45, 7) is 10.0. The van der Waals surface area contributed by atoms with Gasteiger partial charge in [0.15, 0.2) is 0 Å². The first-order chi connectivity index (χ1) is 8.25. The Morgan fingerprint density at radius 3 is 2.44 bits per heavy atom. The van der Waals surface area contributed by atoms with E-state index < -0.39 is 11.4 Å². The van der Waals surface area contributed by atoms with Crippen molar-refractivity contribution in [3.05, 3.63) is 21.9 Å². The van der Waals surface area contributed by atoms with Crippen LogP contribution < -0.4 is 4.72 Å². The van der Waals surface area contributed by atoms with Gasteiger partial charge in [0.05, 0.1) is 11.6 Å². The third-order valence-electron chi connectivity index (χ3n) is 2.51. The topological polar surface area (TPSA) is 58.9 Å². The molecule has 1 unspecified atom stereocenters. The van der Waals surface area contributed by atoms with Crippen molar-refractivity contribution in [1.29, 1.82) is 5.26 Å². The van der Waals surface area contributed by atoms with E-state index in [1.807, 2.05) is 32.2 Å². The Balaban J connectivity index is 2.88. The molecule has 18 heavy (non-hydrogen) atoms. The number of hydrogen-bond acceptors (Lipinski definition) is 4. The summed E-state index contributed by atoms with van der Waals surface area (Å²) in [4.78, 5) is 1.07. The molecular formula is C13H20N2OS2. The molecule has 0 spiro atoms. The molecular weight excluding hydrogens is 264 g/mol. The fraction of sp³-hybridized carbons (Fsp3) is 0.615. The molecule has 0 fully saturated rings. The lowest BCUT2D eigenvalue weighted by molar-refractivity contribution is 0.457. The first-order valence-corrected chi connectivity index (χ1v) is 7.95. The van der Waals surface area contributed by atoms with Crippen LogP contribution in [0.2, 0.25) is 0 Å². The maximum atomic E-state index is 12.2. The Hall–Kier alpha value is -0.540. The molecule has 3 nitrogen and oxygen atoms in total. The van der Waals surface area contributed by atoms with Gasteiger partial charge in [-0.05, 0) is 32.8 Å². The van der Waals surface area contributed by atoms with Gasteiger partial charge in [0.1, 0.15) is 10.8 Å². The molecule has 0 aliphatic carbocycles. The third-order valence-corrected chi connectivity index (χ3v) is 5.11. The summed E-state index contributed by atoms with van der Waals surface area (Å²) in [5, 5.41) is 10.7. The quantitative estimate of drug-likeness (QED) is 0.862. The molecule has 1 rings (SSSR count). The molecule has 1 heterocycles. The third kappa shape index (κ3) is 3.99. The van der Waals surface area contributed by atoms with Crippen molar-refractivity contribution in [1.82, 2.24) is 4.72 Å². The first-order valence-electron chi connectivity index (χ1n) is 5.92. The first kappa shape index (κ1) is 15.5. The van der Waals surface area contributed by atoms with Crippen LogP contribution in [0.4, 0.5) is 0 Å².